The fourth-order valence-electron chi connectivity index (χ4n) is 2.83. The molecule has 0 aliphatic rings. The van der Waals surface area contributed by atoms with E-state index in [1.165, 1.54) is 25.6 Å². The molecular weight excluding hydrogens is 424 g/mol. The van der Waals surface area contributed by atoms with Crippen LogP contribution in [0.5, 0.6) is 0 Å². The van der Waals surface area contributed by atoms with Crippen molar-refractivity contribution < 1.29 is 19.1 Å². The maximum Gasteiger partial charge on any atom is 0.340 e. The van der Waals surface area contributed by atoms with Gasteiger partial charge in [0.2, 0.25) is 0 Å². The number of rotatable bonds is 7. The van der Waals surface area contributed by atoms with Crippen molar-refractivity contribution >= 4 is 35.1 Å². The minimum Gasteiger partial charge on any atom is -0.449 e. The minimum absolute atomic E-state index is 0.118. The van der Waals surface area contributed by atoms with E-state index in [0.717, 1.165) is 0 Å². The highest BCUT2D eigenvalue weighted by molar-refractivity contribution is 7.99. The normalized spacial score (nSPS) is 11.2. The van der Waals surface area contributed by atoms with Crippen molar-refractivity contribution in [3.8, 4) is 6.07 Å². The summed E-state index contributed by atoms with van der Waals surface area (Å²) < 4.78 is 5.39. The van der Waals surface area contributed by atoms with Gasteiger partial charge in [-0.1, -0.05) is 48.2 Å². The number of carbonyl (C=O) groups is 3. The number of anilines is 1. The SMILES string of the molecule is CC(=O)c1cccc(NC(=O)C(C)OC(=O)c2ccccc2Sc2ccccc2C#N)c1. The van der Waals surface area contributed by atoms with Crippen LogP contribution in [0.25, 0.3) is 0 Å². The van der Waals surface area contributed by atoms with E-state index in [4.69, 9.17) is 4.74 Å². The number of hydrogen-bond acceptors (Lipinski definition) is 6. The van der Waals surface area contributed by atoms with Gasteiger partial charge in [0.05, 0.1) is 11.1 Å². The molecule has 7 heteroatoms. The van der Waals surface area contributed by atoms with Crippen LogP contribution in [0.2, 0.25) is 0 Å². The molecular formula is C25H20N2O4S. The van der Waals surface area contributed by atoms with Gasteiger partial charge in [0.1, 0.15) is 6.07 Å². The van der Waals surface area contributed by atoms with Crippen LogP contribution in [0.1, 0.15) is 40.1 Å². The lowest BCUT2D eigenvalue weighted by molar-refractivity contribution is -0.123. The monoisotopic (exact) mass is 444 g/mol. The summed E-state index contributed by atoms with van der Waals surface area (Å²) in [5.41, 5.74) is 1.70. The second kappa shape index (κ2) is 10.4. The van der Waals surface area contributed by atoms with Gasteiger partial charge in [-0.25, -0.2) is 4.79 Å². The summed E-state index contributed by atoms with van der Waals surface area (Å²) in [7, 11) is 0. The molecule has 1 atom stereocenters. The largest absolute Gasteiger partial charge is 0.449 e. The van der Waals surface area contributed by atoms with Crippen LogP contribution in [-0.2, 0) is 9.53 Å². The highest BCUT2D eigenvalue weighted by Gasteiger charge is 2.21. The van der Waals surface area contributed by atoms with Crippen LogP contribution in [0.3, 0.4) is 0 Å². The molecule has 1 N–H and O–H groups in total. The van der Waals surface area contributed by atoms with Crippen LogP contribution >= 0.6 is 11.8 Å². The Morgan fingerprint density at radius 2 is 1.66 bits per heavy atom. The van der Waals surface area contributed by atoms with E-state index in [1.54, 1.807) is 66.7 Å². The number of benzene rings is 3. The van der Waals surface area contributed by atoms with Gasteiger partial charge in [-0.3, -0.25) is 9.59 Å². The van der Waals surface area contributed by atoms with E-state index in [0.29, 0.717) is 32.2 Å². The molecule has 0 bridgehead atoms. The molecule has 160 valence electrons. The second-order valence-electron chi connectivity index (χ2n) is 6.88. The molecule has 1 amide bonds. The number of esters is 1. The lowest BCUT2D eigenvalue weighted by Crippen LogP contribution is -2.30. The standard InChI is InChI=1S/C25H20N2O4S/c1-16(28)18-9-7-10-20(14-18)27-24(29)17(2)31-25(30)21-11-4-6-13-23(21)32-22-12-5-3-8-19(22)15-26/h3-14,17H,1-2H3,(H,27,29). The average molecular weight is 445 g/mol. The van der Waals surface area contributed by atoms with Crippen LogP contribution in [-0.4, -0.2) is 23.8 Å². The number of nitrogens with one attached hydrogen (secondary N) is 1. The number of hydrogen-bond donors (Lipinski definition) is 1. The number of carbonyl (C=O) groups excluding carboxylic acids is 3. The molecule has 0 fully saturated rings. The van der Waals surface area contributed by atoms with Gasteiger partial charge >= 0.3 is 5.97 Å². The average Bonchev–Trinajstić information content (AvgIpc) is 2.79. The van der Waals surface area contributed by atoms with Crippen molar-refractivity contribution in [1.82, 2.24) is 0 Å². The summed E-state index contributed by atoms with van der Waals surface area (Å²) in [6.45, 7) is 2.92. The van der Waals surface area contributed by atoms with Crippen LogP contribution in [0.4, 0.5) is 5.69 Å². The Bertz CT molecular complexity index is 1220. The van der Waals surface area contributed by atoms with Gasteiger partial charge in [0.25, 0.3) is 5.91 Å². The van der Waals surface area contributed by atoms with Crippen molar-refractivity contribution in [2.24, 2.45) is 0 Å². The van der Waals surface area contributed by atoms with Gasteiger partial charge in [0, 0.05) is 21.0 Å². The topological polar surface area (TPSA) is 96.3 Å². The Hall–Kier alpha value is -3.89. The zero-order valence-electron chi connectivity index (χ0n) is 17.5. The molecule has 0 saturated heterocycles. The molecule has 0 aliphatic carbocycles. The summed E-state index contributed by atoms with van der Waals surface area (Å²) in [6.07, 6.45) is -1.06. The first-order valence-corrected chi connectivity index (χ1v) is 10.6. The summed E-state index contributed by atoms with van der Waals surface area (Å²) in [5.74, 6) is -1.28. The molecule has 0 aromatic heterocycles. The maximum absolute atomic E-state index is 12.8. The van der Waals surface area contributed by atoms with E-state index in [9.17, 15) is 19.6 Å². The Kier molecular flexibility index (Phi) is 7.42. The Balaban J connectivity index is 1.72. The lowest BCUT2D eigenvalue weighted by atomic mass is 10.1. The molecule has 32 heavy (non-hydrogen) atoms. The van der Waals surface area contributed by atoms with Crippen LogP contribution in [0.15, 0.2) is 82.6 Å². The van der Waals surface area contributed by atoms with Crippen molar-refractivity contribution in [1.29, 1.82) is 5.26 Å². The van der Waals surface area contributed by atoms with Crippen molar-refractivity contribution in [2.75, 3.05) is 5.32 Å². The first kappa shape index (κ1) is 22.8. The third-order valence-electron chi connectivity index (χ3n) is 4.52. The number of Topliss-reactive ketones (excluding diaryl/α,β-unsaturated/α-hetero) is 1. The highest BCUT2D eigenvalue weighted by atomic mass is 32.2. The third kappa shape index (κ3) is 5.62. The highest BCUT2D eigenvalue weighted by Crippen LogP contribution is 2.33. The van der Waals surface area contributed by atoms with E-state index in [2.05, 4.69) is 11.4 Å². The number of ether oxygens (including phenoxy) is 1. The number of amides is 1. The molecule has 0 saturated carbocycles. The number of ketones is 1. The molecule has 0 spiro atoms. The zero-order chi connectivity index (χ0) is 23.1. The second-order valence-corrected chi connectivity index (χ2v) is 7.96. The summed E-state index contributed by atoms with van der Waals surface area (Å²) in [5, 5.41) is 12.0. The van der Waals surface area contributed by atoms with Gasteiger partial charge in [-0.2, -0.15) is 5.26 Å². The van der Waals surface area contributed by atoms with Crippen LogP contribution in [0, 0.1) is 11.3 Å². The fraction of sp³-hybridized carbons (Fsp3) is 0.120. The summed E-state index contributed by atoms with van der Waals surface area (Å²) in [6, 6.07) is 22.6. The van der Waals surface area contributed by atoms with E-state index >= 15 is 0 Å². The predicted molar refractivity (Wildman–Crippen MR) is 122 cm³/mol. The Morgan fingerprint density at radius 3 is 2.38 bits per heavy atom. The minimum atomic E-state index is -1.06. The van der Waals surface area contributed by atoms with E-state index in [1.807, 2.05) is 6.07 Å². The van der Waals surface area contributed by atoms with Crippen molar-refractivity contribution in [3.05, 3.63) is 89.5 Å². The molecule has 1 unspecified atom stereocenters. The molecule has 0 heterocycles. The van der Waals surface area contributed by atoms with Gasteiger partial charge in [0.15, 0.2) is 11.9 Å². The van der Waals surface area contributed by atoms with Crippen molar-refractivity contribution in [3.63, 3.8) is 0 Å². The molecule has 3 rings (SSSR count). The lowest BCUT2D eigenvalue weighted by Gasteiger charge is -2.15. The quantitative estimate of drug-likeness (QED) is 0.402. The molecule has 3 aromatic rings. The van der Waals surface area contributed by atoms with Crippen molar-refractivity contribution in [2.45, 2.75) is 29.7 Å². The van der Waals surface area contributed by atoms with Gasteiger partial charge < -0.3 is 10.1 Å². The zero-order valence-corrected chi connectivity index (χ0v) is 18.3. The summed E-state index contributed by atoms with van der Waals surface area (Å²) in [4.78, 5) is 38.1. The fourth-order valence-corrected chi connectivity index (χ4v) is 3.84. The Morgan fingerprint density at radius 1 is 0.969 bits per heavy atom. The maximum atomic E-state index is 12.8. The first-order valence-electron chi connectivity index (χ1n) is 9.78. The number of nitrogens with zero attached hydrogens (tertiary/aromatic N) is 1. The van der Waals surface area contributed by atoms with E-state index < -0.39 is 18.0 Å². The third-order valence-corrected chi connectivity index (χ3v) is 5.68. The van der Waals surface area contributed by atoms with Gasteiger partial charge in [-0.05, 0) is 50.2 Å². The predicted octanol–water partition coefficient (Wildman–Crippen LogP) is 5.10. The molecule has 6 nitrogen and oxygen atoms in total. The first-order chi connectivity index (χ1) is 15.4. The summed E-state index contributed by atoms with van der Waals surface area (Å²) >= 11 is 1.28. The molecule has 3 aromatic carbocycles. The number of nitriles is 1. The Labute approximate surface area is 190 Å². The smallest absolute Gasteiger partial charge is 0.340 e. The van der Waals surface area contributed by atoms with E-state index in [-0.39, 0.29) is 5.78 Å². The molecule has 0 radical (unpaired) electrons. The molecule has 0 aliphatic heterocycles. The van der Waals surface area contributed by atoms with Crippen LogP contribution < -0.4 is 5.32 Å². The van der Waals surface area contributed by atoms with Gasteiger partial charge in [-0.15, -0.1) is 0 Å².